The normalized spacial score (nSPS) is 12.2. The molecular weight excluding hydrogens is 422 g/mol. The minimum absolute atomic E-state index is 0. The maximum atomic E-state index is 11.3. The monoisotopic (exact) mass is 438 g/mol. The summed E-state index contributed by atoms with van der Waals surface area (Å²) in [6, 6.07) is 0. The van der Waals surface area contributed by atoms with Crippen molar-refractivity contribution in [3.8, 4) is 0 Å². The van der Waals surface area contributed by atoms with Crippen LogP contribution in [0.2, 0.25) is 0 Å². The summed E-state index contributed by atoms with van der Waals surface area (Å²) in [4.78, 5) is 33.1. The van der Waals surface area contributed by atoms with Crippen LogP contribution in [0.1, 0.15) is 20.3 Å². The molecule has 0 amide bonds. The van der Waals surface area contributed by atoms with Crippen LogP contribution >= 0.6 is 15.9 Å². The van der Waals surface area contributed by atoms with Crippen molar-refractivity contribution in [2.75, 3.05) is 13.2 Å². The summed E-state index contributed by atoms with van der Waals surface area (Å²) in [5.74, 6) is -3.63. The maximum absolute atomic E-state index is 11.3. The summed E-state index contributed by atoms with van der Waals surface area (Å²) in [5.41, 5.74) is 0. The fraction of sp³-hybridized carbons (Fsp3) is 0.700. The van der Waals surface area contributed by atoms with E-state index in [0.717, 1.165) is 0 Å². The van der Waals surface area contributed by atoms with E-state index in [0.29, 0.717) is 0 Å². The molecule has 0 aliphatic rings. The molecule has 0 bridgehead atoms. The van der Waals surface area contributed by atoms with E-state index in [9.17, 15) is 22.8 Å². The van der Waals surface area contributed by atoms with Crippen molar-refractivity contribution in [1.29, 1.82) is 0 Å². The van der Waals surface area contributed by atoms with E-state index in [-0.39, 0.29) is 72.3 Å². The first-order valence-corrected chi connectivity index (χ1v) is 7.86. The third-order valence-corrected chi connectivity index (χ3v) is 3.46. The standard InChI is InChI=1S/C10H15BrO9S.2Na.2H/c1-10(2,11)9(15)20-4-3-19-7(12)5-6(8(13)14)21(16,17)18;;;;/h6H,3-5H2,1-2H3,(H,13,14)(H,16,17,18);;;;. The molecular formula is C10H17BrNa2O9S. The van der Waals surface area contributed by atoms with E-state index in [1.165, 1.54) is 0 Å². The van der Waals surface area contributed by atoms with Crippen LogP contribution < -0.4 is 0 Å². The number of alkyl halides is 1. The van der Waals surface area contributed by atoms with Gasteiger partial charge in [-0.2, -0.15) is 8.42 Å². The molecule has 1 atom stereocenters. The molecule has 0 aromatic heterocycles. The van der Waals surface area contributed by atoms with Gasteiger partial charge in [-0.15, -0.1) is 0 Å². The number of halogens is 1. The molecule has 23 heavy (non-hydrogen) atoms. The Morgan fingerprint density at radius 2 is 1.57 bits per heavy atom. The third-order valence-electron chi connectivity index (χ3n) is 2.05. The van der Waals surface area contributed by atoms with Gasteiger partial charge >= 0.3 is 77.0 Å². The molecule has 0 heterocycles. The van der Waals surface area contributed by atoms with Gasteiger partial charge in [0, 0.05) is 0 Å². The summed E-state index contributed by atoms with van der Waals surface area (Å²) in [6.07, 6.45) is -1.05. The molecule has 0 spiro atoms. The van der Waals surface area contributed by atoms with Crippen LogP contribution in [0.5, 0.6) is 0 Å². The van der Waals surface area contributed by atoms with E-state index >= 15 is 0 Å². The van der Waals surface area contributed by atoms with Gasteiger partial charge in [-0.1, -0.05) is 15.9 Å². The van der Waals surface area contributed by atoms with Gasteiger partial charge < -0.3 is 14.6 Å². The average Bonchev–Trinajstić information content (AvgIpc) is 2.28. The topological polar surface area (TPSA) is 144 Å². The number of ether oxygens (including phenoxy) is 2. The Hall–Kier alpha value is 0.800. The second kappa shape index (κ2) is 12.2. The molecule has 9 nitrogen and oxygen atoms in total. The van der Waals surface area contributed by atoms with Crippen molar-refractivity contribution in [2.24, 2.45) is 0 Å². The van der Waals surface area contributed by atoms with Crippen molar-refractivity contribution < 1.29 is 41.9 Å². The molecule has 0 saturated carbocycles. The molecule has 0 fully saturated rings. The number of carboxylic acids is 1. The van der Waals surface area contributed by atoms with Crippen molar-refractivity contribution >= 4 is 103 Å². The molecule has 1 unspecified atom stereocenters. The Bertz CT molecular complexity index is 515. The second-order valence-electron chi connectivity index (χ2n) is 4.37. The van der Waals surface area contributed by atoms with E-state index in [1.54, 1.807) is 13.8 Å². The van der Waals surface area contributed by atoms with Gasteiger partial charge in [-0.25, -0.2) is 0 Å². The van der Waals surface area contributed by atoms with E-state index in [1.807, 2.05) is 0 Å². The third kappa shape index (κ3) is 12.8. The van der Waals surface area contributed by atoms with Crippen LogP contribution in [0.25, 0.3) is 0 Å². The molecule has 0 rings (SSSR count). The quantitative estimate of drug-likeness (QED) is 0.155. The minimum atomic E-state index is -4.91. The summed E-state index contributed by atoms with van der Waals surface area (Å²) in [6.45, 7) is 2.45. The summed E-state index contributed by atoms with van der Waals surface area (Å²) >= 11 is 3.05. The van der Waals surface area contributed by atoms with Crippen molar-refractivity contribution in [3.63, 3.8) is 0 Å². The molecule has 2 N–H and O–H groups in total. The van der Waals surface area contributed by atoms with Gasteiger partial charge in [0.25, 0.3) is 10.1 Å². The van der Waals surface area contributed by atoms with Crippen molar-refractivity contribution in [2.45, 2.75) is 29.8 Å². The van der Waals surface area contributed by atoms with Gasteiger partial charge in [-0.05, 0) is 13.8 Å². The Kier molecular flexibility index (Phi) is 15.2. The van der Waals surface area contributed by atoms with Gasteiger partial charge in [0.2, 0.25) is 0 Å². The summed E-state index contributed by atoms with van der Waals surface area (Å²) < 4.78 is 38.4. The van der Waals surface area contributed by atoms with Crippen LogP contribution in [-0.2, 0) is 34.0 Å². The number of hydrogen-bond donors (Lipinski definition) is 2. The van der Waals surface area contributed by atoms with Crippen LogP contribution in [0.15, 0.2) is 0 Å². The number of esters is 2. The number of carbonyl (C=O) groups excluding carboxylic acids is 2. The van der Waals surface area contributed by atoms with Gasteiger partial charge in [0.1, 0.15) is 17.5 Å². The van der Waals surface area contributed by atoms with Gasteiger partial charge in [0.05, 0.1) is 6.42 Å². The van der Waals surface area contributed by atoms with Crippen LogP contribution in [0.3, 0.4) is 0 Å². The summed E-state index contributed by atoms with van der Waals surface area (Å²) in [5, 5.41) is 6.27. The van der Waals surface area contributed by atoms with E-state index < -0.39 is 44.0 Å². The Morgan fingerprint density at radius 1 is 1.13 bits per heavy atom. The fourth-order valence-corrected chi connectivity index (χ4v) is 1.71. The van der Waals surface area contributed by atoms with Crippen LogP contribution in [0, 0.1) is 0 Å². The molecule has 126 valence electrons. The van der Waals surface area contributed by atoms with Crippen molar-refractivity contribution in [1.82, 2.24) is 0 Å². The number of carbonyl (C=O) groups is 3. The number of hydrogen-bond acceptors (Lipinski definition) is 7. The predicted octanol–water partition coefficient (Wildman–Crippen LogP) is -1.32. The Morgan fingerprint density at radius 3 is 1.91 bits per heavy atom. The molecule has 0 saturated heterocycles. The Labute approximate surface area is 186 Å². The molecule has 0 aliphatic carbocycles. The SMILES string of the molecule is CC(C)(Br)C(=O)OCCOC(=O)CC(C(=O)O)S(=O)(=O)O.[NaH].[NaH]. The molecule has 0 radical (unpaired) electrons. The van der Waals surface area contributed by atoms with Crippen LogP contribution in [0.4, 0.5) is 0 Å². The zero-order chi connectivity index (χ0) is 16.8. The molecule has 0 aliphatic heterocycles. The first-order chi connectivity index (χ1) is 9.35. The molecule has 13 heteroatoms. The zero-order valence-corrected chi connectivity index (χ0v) is 13.6. The summed E-state index contributed by atoms with van der Waals surface area (Å²) in [7, 11) is -4.91. The van der Waals surface area contributed by atoms with Gasteiger partial charge in [-0.3, -0.25) is 18.9 Å². The molecule has 0 aromatic rings. The van der Waals surface area contributed by atoms with E-state index in [4.69, 9.17) is 14.4 Å². The number of carboxylic acid groups (broad SMARTS) is 1. The first-order valence-electron chi connectivity index (χ1n) is 5.56. The first kappa shape index (κ1) is 28.6. The van der Waals surface area contributed by atoms with Crippen molar-refractivity contribution in [3.05, 3.63) is 0 Å². The number of aliphatic carboxylic acids is 1. The number of rotatable bonds is 8. The Balaban J connectivity index is -0.00000200. The average molecular weight is 439 g/mol. The fourth-order valence-electron chi connectivity index (χ4n) is 0.992. The molecule has 0 aromatic carbocycles. The van der Waals surface area contributed by atoms with E-state index in [2.05, 4.69) is 20.7 Å². The van der Waals surface area contributed by atoms with Crippen LogP contribution in [-0.4, -0.2) is 118 Å². The zero-order valence-electron chi connectivity index (χ0n) is 11.2. The predicted molar refractivity (Wildman–Crippen MR) is 86.8 cm³/mol. The van der Waals surface area contributed by atoms with Gasteiger partial charge in [0.15, 0.2) is 5.25 Å². The second-order valence-corrected chi connectivity index (χ2v) is 7.96.